The minimum Gasteiger partial charge on any atom is -0.454 e. The van der Waals surface area contributed by atoms with Gasteiger partial charge in [-0.2, -0.15) is 0 Å². The summed E-state index contributed by atoms with van der Waals surface area (Å²) in [5, 5.41) is 6.14. The summed E-state index contributed by atoms with van der Waals surface area (Å²) in [6.07, 6.45) is 0. The molecule has 2 aromatic rings. The third-order valence-electron chi connectivity index (χ3n) is 4.66. The maximum absolute atomic E-state index is 12.2. The van der Waals surface area contributed by atoms with Crippen LogP contribution in [-0.2, 0) is 11.3 Å². The Balaban J connectivity index is 1.50. The number of benzene rings is 2. The van der Waals surface area contributed by atoms with Gasteiger partial charge >= 0.3 is 0 Å². The van der Waals surface area contributed by atoms with Gasteiger partial charge in [-0.1, -0.05) is 6.07 Å². The van der Waals surface area contributed by atoms with Crippen LogP contribution in [0.15, 0.2) is 36.4 Å². The summed E-state index contributed by atoms with van der Waals surface area (Å²) in [7, 11) is 0. The Morgan fingerprint density at radius 1 is 1.07 bits per heavy atom. The molecule has 0 spiro atoms. The van der Waals surface area contributed by atoms with Gasteiger partial charge in [0.05, 0.1) is 6.54 Å². The topological polar surface area (TPSA) is 62.8 Å². The van der Waals surface area contributed by atoms with E-state index in [0.717, 1.165) is 41.4 Å². The number of carbonyl (C=O) groups excluding carboxylic acids is 1. The van der Waals surface area contributed by atoms with Crippen LogP contribution in [0.25, 0.3) is 0 Å². The first kappa shape index (κ1) is 19.0. The summed E-state index contributed by atoms with van der Waals surface area (Å²) in [6.45, 7) is 9.32. The summed E-state index contributed by atoms with van der Waals surface area (Å²) in [5.74, 6) is 1.46. The van der Waals surface area contributed by atoms with Gasteiger partial charge < -0.3 is 25.0 Å². The van der Waals surface area contributed by atoms with Crippen molar-refractivity contribution >= 4 is 17.3 Å². The first-order chi connectivity index (χ1) is 13.1. The standard InChI is InChI=1S/C21H27N3O3/c1-4-24(5-2)17-7-8-18(15(3)10-17)23-21(25)13-22-12-16-6-9-19-20(11-16)27-14-26-19/h6-11,22H,4-5,12-14H2,1-3H3,(H,23,25). The van der Waals surface area contributed by atoms with Crippen molar-refractivity contribution in [3.8, 4) is 11.5 Å². The van der Waals surface area contributed by atoms with Crippen molar-refractivity contribution < 1.29 is 14.3 Å². The lowest BCUT2D eigenvalue weighted by molar-refractivity contribution is -0.115. The van der Waals surface area contributed by atoms with Gasteiger partial charge in [-0.25, -0.2) is 0 Å². The summed E-state index contributed by atoms with van der Waals surface area (Å²) in [5.41, 5.74) is 4.13. The van der Waals surface area contributed by atoms with Crippen molar-refractivity contribution in [1.82, 2.24) is 5.32 Å². The molecule has 2 aromatic carbocycles. The molecular weight excluding hydrogens is 342 g/mol. The van der Waals surface area contributed by atoms with Gasteiger partial charge in [0.15, 0.2) is 11.5 Å². The Kier molecular flexibility index (Phi) is 6.19. The molecule has 0 unspecified atom stereocenters. The predicted molar refractivity (Wildman–Crippen MR) is 108 cm³/mol. The second-order valence-corrected chi connectivity index (χ2v) is 6.51. The number of aryl methyl sites for hydroxylation is 1. The number of carbonyl (C=O) groups is 1. The molecule has 6 nitrogen and oxygen atoms in total. The number of hydrogen-bond donors (Lipinski definition) is 2. The molecular formula is C21H27N3O3. The van der Waals surface area contributed by atoms with Crippen molar-refractivity contribution in [2.45, 2.75) is 27.3 Å². The summed E-state index contributed by atoms with van der Waals surface area (Å²) < 4.78 is 10.7. The van der Waals surface area contributed by atoms with E-state index in [0.29, 0.717) is 6.54 Å². The Morgan fingerprint density at radius 2 is 1.85 bits per heavy atom. The van der Waals surface area contributed by atoms with Gasteiger partial charge in [-0.3, -0.25) is 4.79 Å². The smallest absolute Gasteiger partial charge is 0.238 e. The Morgan fingerprint density at radius 3 is 2.59 bits per heavy atom. The molecule has 1 aliphatic rings. The van der Waals surface area contributed by atoms with E-state index in [-0.39, 0.29) is 19.2 Å². The number of nitrogens with zero attached hydrogens (tertiary/aromatic N) is 1. The van der Waals surface area contributed by atoms with Crippen LogP contribution < -0.4 is 25.0 Å². The van der Waals surface area contributed by atoms with Crippen LogP contribution in [0.4, 0.5) is 11.4 Å². The fourth-order valence-corrected chi connectivity index (χ4v) is 3.14. The largest absolute Gasteiger partial charge is 0.454 e. The van der Waals surface area contributed by atoms with Gasteiger partial charge in [0, 0.05) is 31.0 Å². The molecule has 144 valence electrons. The average molecular weight is 369 g/mol. The third-order valence-corrected chi connectivity index (χ3v) is 4.66. The van der Waals surface area contributed by atoms with Crippen LogP contribution in [0.1, 0.15) is 25.0 Å². The second kappa shape index (κ2) is 8.77. The first-order valence-electron chi connectivity index (χ1n) is 9.35. The van der Waals surface area contributed by atoms with Crippen LogP contribution in [0.5, 0.6) is 11.5 Å². The highest BCUT2D eigenvalue weighted by molar-refractivity contribution is 5.93. The van der Waals surface area contributed by atoms with E-state index in [4.69, 9.17) is 9.47 Å². The van der Waals surface area contributed by atoms with Gasteiger partial charge in [0.25, 0.3) is 0 Å². The molecule has 0 bridgehead atoms. The van der Waals surface area contributed by atoms with E-state index in [1.807, 2.05) is 31.2 Å². The molecule has 0 saturated carbocycles. The molecule has 3 rings (SSSR count). The number of fused-ring (bicyclic) bond motifs is 1. The highest BCUT2D eigenvalue weighted by atomic mass is 16.7. The Bertz CT molecular complexity index is 803. The number of anilines is 2. The number of hydrogen-bond acceptors (Lipinski definition) is 5. The highest BCUT2D eigenvalue weighted by Crippen LogP contribution is 2.32. The maximum Gasteiger partial charge on any atom is 0.238 e. The van der Waals surface area contributed by atoms with Crippen molar-refractivity contribution in [1.29, 1.82) is 0 Å². The molecule has 27 heavy (non-hydrogen) atoms. The molecule has 0 fully saturated rings. The van der Waals surface area contributed by atoms with E-state index in [1.165, 1.54) is 5.69 Å². The zero-order valence-corrected chi connectivity index (χ0v) is 16.2. The molecule has 1 aliphatic heterocycles. The quantitative estimate of drug-likeness (QED) is 0.748. The number of ether oxygens (including phenoxy) is 2. The van der Waals surface area contributed by atoms with Crippen LogP contribution in [-0.4, -0.2) is 32.3 Å². The van der Waals surface area contributed by atoms with Crippen molar-refractivity contribution in [2.75, 3.05) is 36.6 Å². The lowest BCUT2D eigenvalue weighted by atomic mass is 10.1. The lowest BCUT2D eigenvalue weighted by Gasteiger charge is -2.22. The van der Waals surface area contributed by atoms with Gasteiger partial charge in [-0.15, -0.1) is 0 Å². The molecule has 2 N–H and O–H groups in total. The monoisotopic (exact) mass is 369 g/mol. The van der Waals surface area contributed by atoms with Crippen LogP contribution in [0.3, 0.4) is 0 Å². The zero-order chi connectivity index (χ0) is 19.2. The molecule has 1 heterocycles. The number of amides is 1. The van der Waals surface area contributed by atoms with Crippen molar-refractivity contribution in [3.05, 3.63) is 47.5 Å². The first-order valence-corrected chi connectivity index (χ1v) is 9.35. The lowest BCUT2D eigenvalue weighted by Crippen LogP contribution is -2.28. The van der Waals surface area contributed by atoms with Gasteiger partial charge in [-0.05, 0) is 62.2 Å². The number of rotatable bonds is 8. The molecule has 0 radical (unpaired) electrons. The average Bonchev–Trinajstić information content (AvgIpc) is 3.13. The Hall–Kier alpha value is -2.73. The van der Waals surface area contributed by atoms with Crippen LogP contribution in [0.2, 0.25) is 0 Å². The normalized spacial score (nSPS) is 12.1. The fraction of sp³-hybridized carbons (Fsp3) is 0.381. The second-order valence-electron chi connectivity index (χ2n) is 6.51. The number of nitrogens with one attached hydrogen (secondary N) is 2. The molecule has 1 amide bonds. The van der Waals surface area contributed by atoms with E-state index >= 15 is 0 Å². The van der Waals surface area contributed by atoms with E-state index < -0.39 is 0 Å². The van der Waals surface area contributed by atoms with Crippen molar-refractivity contribution in [2.24, 2.45) is 0 Å². The fourth-order valence-electron chi connectivity index (χ4n) is 3.14. The van der Waals surface area contributed by atoms with Gasteiger partial charge in [0.1, 0.15) is 0 Å². The molecule has 0 aromatic heterocycles. The molecule has 0 atom stereocenters. The predicted octanol–water partition coefficient (Wildman–Crippen LogP) is 3.30. The minimum absolute atomic E-state index is 0.0607. The molecule has 6 heteroatoms. The highest BCUT2D eigenvalue weighted by Gasteiger charge is 2.13. The van der Waals surface area contributed by atoms with E-state index in [1.54, 1.807) is 0 Å². The SMILES string of the molecule is CCN(CC)c1ccc(NC(=O)CNCc2ccc3c(c2)OCO3)c(C)c1. The maximum atomic E-state index is 12.2. The summed E-state index contributed by atoms with van der Waals surface area (Å²) in [4.78, 5) is 14.5. The summed E-state index contributed by atoms with van der Waals surface area (Å²) >= 11 is 0. The molecule has 0 aliphatic carbocycles. The van der Waals surface area contributed by atoms with Crippen molar-refractivity contribution in [3.63, 3.8) is 0 Å². The van der Waals surface area contributed by atoms with Gasteiger partial charge in [0.2, 0.25) is 12.7 Å². The van der Waals surface area contributed by atoms with Crippen LogP contribution >= 0.6 is 0 Å². The third kappa shape index (κ3) is 4.71. The zero-order valence-electron chi connectivity index (χ0n) is 16.2. The van der Waals surface area contributed by atoms with Crippen LogP contribution in [0, 0.1) is 6.92 Å². The Labute approximate surface area is 160 Å². The minimum atomic E-state index is -0.0607. The molecule has 0 saturated heterocycles. The van der Waals surface area contributed by atoms with E-state index in [9.17, 15) is 4.79 Å². The summed E-state index contributed by atoms with van der Waals surface area (Å²) in [6, 6.07) is 11.9. The van der Waals surface area contributed by atoms with E-state index in [2.05, 4.69) is 41.5 Å².